The monoisotopic (exact) mass is 182 g/mol. The Bertz CT molecular complexity index is 263. The summed E-state index contributed by atoms with van der Waals surface area (Å²) in [5, 5.41) is 0. The summed E-state index contributed by atoms with van der Waals surface area (Å²) < 4.78 is 4.50. The number of methoxy groups -OCH3 is 1. The molecular weight excluding hydrogens is 174 g/mol. The predicted molar refractivity (Wildman–Crippen MR) is 50.1 cm³/mol. The molecular formula is C8H8BClO2. The molecule has 0 N–H and O–H groups in total. The highest BCUT2D eigenvalue weighted by Gasteiger charge is 2.23. The van der Waals surface area contributed by atoms with Crippen LogP contribution in [0.5, 0.6) is 0 Å². The van der Waals surface area contributed by atoms with E-state index in [0.29, 0.717) is 0 Å². The van der Waals surface area contributed by atoms with Crippen LogP contribution in [0.2, 0.25) is 0 Å². The number of halogens is 1. The van der Waals surface area contributed by atoms with E-state index in [1.54, 1.807) is 12.1 Å². The van der Waals surface area contributed by atoms with Crippen LogP contribution in [0, 0.1) is 0 Å². The van der Waals surface area contributed by atoms with Crippen LogP contribution in [0.4, 0.5) is 4.79 Å². The van der Waals surface area contributed by atoms with E-state index in [-0.39, 0.29) is 0 Å². The molecule has 62 valence electrons. The fourth-order valence-corrected chi connectivity index (χ4v) is 1.10. The fraction of sp³-hybridized carbons (Fsp3) is 0.125. The normalized spacial score (nSPS) is 9.17. The zero-order valence-electron chi connectivity index (χ0n) is 6.66. The Labute approximate surface area is 76.5 Å². The maximum atomic E-state index is 11.0. The average Bonchev–Trinajstić information content (AvgIpc) is 2.17. The Balaban J connectivity index is 2.78. The molecule has 0 fully saturated rings. The highest BCUT2D eigenvalue weighted by Crippen LogP contribution is 1.96. The average molecular weight is 182 g/mol. The lowest BCUT2D eigenvalue weighted by Crippen LogP contribution is -2.33. The van der Waals surface area contributed by atoms with Crippen molar-refractivity contribution in [1.82, 2.24) is 0 Å². The molecule has 2 nitrogen and oxygen atoms in total. The molecule has 0 radical (unpaired) electrons. The van der Waals surface area contributed by atoms with Gasteiger partial charge in [0, 0.05) is 0 Å². The lowest BCUT2D eigenvalue weighted by molar-refractivity contribution is 0.197. The van der Waals surface area contributed by atoms with Crippen molar-refractivity contribution < 1.29 is 9.53 Å². The summed E-state index contributed by atoms with van der Waals surface area (Å²) in [5.41, 5.74) is 0.756. The van der Waals surface area contributed by atoms with E-state index in [0.717, 1.165) is 5.46 Å². The van der Waals surface area contributed by atoms with Crippen molar-refractivity contribution in [3.8, 4) is 0 Å². The van der Waals surface area contributed by atoms with Gasteiger partial charge >= 0.3 is 6.13 Å². The molecule has 1 aromatic rings. The molecule has 0 atom stereocenters. The first-order valence-electron chi connectivity index (χ1n) is 3.52. The number of carbonyl (C=O) groups excluding carboxylic acids is 1. The minimum Gasteiger partial charge on any atom is -0.475 e. The summed E-state index contributed by atoms with van der Waals surface area (Å²) in [5.74, 6) is -0.428. The molecule has 0 amide bonds. The van der Waals surface area contributed by atoms with Crippen LogP contribution < -0.4 is 5.46 Å². The smallest absolute Gasteiger partial charge is 0.411 e. The van der Waals surface area contributed by atoms with Gasteiger partial charge in [0.15, 0.2) is 0 Å². The highest BCUT2D eigenvalue weighted by molar-refractivity contribution is 7.29. The minimum atomic E-state index is -0.698. The molecule has 0 aliphatic carbocycles. The van der Waals surface area contributed by atoms with Crippen molar-refractivity contribution in [2.24, 2.45) is 0 Å². The molecule has 0 spiro atoms. The maximum absolute atomic E-state index is 11.0. The second-order valence-corrected chi connectivity index (χ2v) is 2.73. The molecule has 0 bridgehead atoms. The van der Waals surface area contributed by atoms with Crippen LogP contribution in [-0.4, -0.2) is 19.1 Å². The van der Waals surface area contributed by atoms with Crippen LogP contribution in [-0.2, 0) is 4.74 Å². The van der Waals surface area contributed by atoms with Gasteiger partial charge < -0.3 is 4.74 Å². The second kappa shape index (κ2) is 4.17. The molecule has 0 unspecified atom stereocenters. The fourth-order valence-electron chi connectivity index (χ4n) is 0.862. The van der Waals surface area contributed by atoms with E-state index in [9.17, 15) is 4.79 Å². The first-order valence-corrected chi connectivity index (χ1v) is 3.96. The van der Waals surface area contributed by atoms with Crippen molar-refractivity contribution in [3.63, 3.8) is 0 Å². The van der Waals surface area contributed by atoms with Gasteiger partial charge in [-0.15, -0.1) is 0 Å². The number of ether oxygens (including phenoxy) is 1. The van der Waals surface area contributed by atoms with Gasteiger partial charge in [-0.3, -0.25) is 4.79 Å². The topological polar surface area (TPSA) is 26.3 Å². The van der Waals surface area contributed by atoms with Gasteiger partial charge in [0.05, 0.1) is 7.11 Å². The van der Waals surface area contributed by atoms with Gasteiger partial charge in [0.2, 0.25) is 0 Å². The first kappa shape index (κ1) is 9.14. The van der Waals surface area contributed by atoms with Crippen molar-refractivity contribution in [2.45, 2.75) is 0 Å². The number of benzene rings is 1. The molecule has 1 rings (SSSR count). The van der Waals surface area contributed by atoms with Gasteiger partial charge in [-0.05, 0) is 0 Å². The SMILES string of the molecule is COC(=O)B(Cl)c1ccccc1. The Kier molecular flexibility index (Phi) is 3.17. The molecule has 12 heavy (non-hydrogen) atoms. The van der Waals surface area contributed by atoms with Crippen molar-refractivity contribution in [3.05, 3.63) is 30.3 Å². The van der Waals surface area contributed by atoms with Crippen molar-refractivity contribution in [2.75, 3.05) is 7.11 Å². The zero-order valence-corrected chi connectivity index (χ0v) is 7.41. The van der Waals surface area contributed by atoms with Gasteiger partial charge in [-0.1, -0.05) is 35.8 Å². The van der Waals surface area contributed by atoms with E-state index >= 15 is 0 Å². The number of carbonyl (C=O) groups is 1. The van der Waals surface area contributed by atoms with Gasteiger partial charge in [0.25, 0.3) is 5.87 Å². The third-order valence-corrected chi connectivity index (χ3v) is 1.93. The summed E-state index contributed by atoms with van der Waals surface area (Å²) in [6.45, 7) is 0. The van der Waals surface area contributed by atoms with E-state index < -0.39 is 12.0 Å². The van der Waals surface area contributed by atoms with Crippen molar-refractivity contribution in [1.29, 1.82) is 0 Å². The number of hydrogen-bond acceptors (Lipinski definition) is 2. The third-order valence-electron chi connectivity index (χ3n) is 1.50. The molecule has 0 aliphatic heterocycles. The Morgan fingerprint density at radius 2 is 2.00 bits per heavy atom. The minimum absolute atomic E-state index is 0.428. The second-order valence-electron chi connectivity index (χ2n) is 2.30. The predicted octanol–water partition coefficient (Wildman–Crippen LogP) is 1.47. The van der Waals surface area contributed by atoms with E-state index in [2.05, 4.69) is 4.74 Å². The lowest BCUT2D eigenvalue weighted by atomic mass is 9.68. The standard InChI is InChI=1S/C8H8BClO2/c1-12-8(11)9(10)7-5-3-2-4-6-7/h2-6H,1H3. The van der Waals surface area contributed by atoms with E-state index in [1.165, 1.54) is 7.11 Å². The lowest BCUT2D eigenvalue weighted by Gasteiger charge is -2.02. The Morgan fingerprint density at radius 1 is 1.42 bits per heavy atom. The van der Waals surface area contributed by atoms with E-state index in [1.807, 2.05) is 18.2 Å². The summed E-state index contributed by atoms with van der Waals surface area (Å²) in [4.78, 5) is 11.0. The summed E-state index contributed by atoms with van der Waals surface area (Å²) >= 11 is 5.78. The molecule has 0 saturated heterocycles. The van der Waals surface area contributed by atoms with Crippen LogP contribution in [0.15, 0.2) is 30.3 Å². The van der Waals surface area contributed by atoms with Crippen LogP contribution >= 0.6 is 11.5 Å². The number of rotatable bonds is 2. The largest absolute Gasteiger partial charge is 0.475 e. The summed E-state index contributed by atoms with van der Waals surface area (Å²) in [6.07, 6.45) is -0.698. The Hall–Kier alpha value is -0.955. The van der Waals surface area contributed by atoms with Gasteiger partial charge in [-0.2, -0.15) is 11.5 Å². The summed E-state index contributed by atoms with van der Waals surface area (Å²) in [6, 6.07) is 9.09. The van der Waals surface area contributed by atoms with Crippen LogP contribution in [0.1, 0.15) is 0 Å². The quantitative estimate of drug-likeness (QED) is 0.648. The van der Waals surface area contributed by atoms with Gasteiger partial charge in [-0.25, -0.2) is 0 Å². The number of hydrogen-bond donors (Lipinski definition) is 0. The molecule has 0 saturated carbocycles. The highest BCUT2D eigenvalue weighted by atomic mass is 35.5. The first-order chi connectivity index (χ1) is 5.75. The Morgan fingerprint density at radius 3 is 2.50 bits per heavy atom. The molecule has 4 heteroatoms. The maximum Gasteiger partial charge on any atom is 0.411 e. The molecule has 0 aliphatic rings. The van der Waals surface area contributed by atoms with Crippen LogP contribution in [0.25, 0.3) is 0 Å². The summed E-state index contributed by atoms with van der Waals surface area (Å²) in [7, 11) is 1.32. The molecule has 0 aromatic heterocycles. The van der Waals surface area contributed by atoms with E-state index in [4.69, 9.17) is 11.5 Å². The van der Waals surface area contributed by atoms with Crippen LogP contribution in [0.3, 0.4) is 0 Å². The van der Waals surface area contributed by atoms with Crippen molar-refractivity contribution >= 4 is 28.9 Å². The molecule has 0 heterocycles. The zero-order chi connectivity index (χ0) is 8.97. The molecule has 1 aromatic carbocycles. The van der Waals surface area contributed by atoms with Gasteiger partial charge in [0.1, 0.15) is 0 Å². The third kappa shape index (κ3) is 2.01.